The van der Waals surface area contributed by atoms with Crippen LogP contribution < -0.4 is 10.2 Å². The third-order valence-corrected chi connectivity index (χ3v) is 9.91. The number of amides is 1. The van der Waals surface area contributed by atoms with Gasteiger partial charge in [-0.15, -0.1) is 0 Å². The van der Waals surface area contributed by atoms with Gasteiger partial charge in [0.15, 0.2) is 5.65 Å². The lowest BCUT2D eigenvalue weighted by Gasteiger charge is -2.54. The van der Waals surface area contributed by atoms with Gasteiger partial charge in [-0.05, 0) is 67.9 Å². The summed E-state index contributed by atoms with van der Waals surface area (Å²) in [4.78, 5) is 30.7. The predicted octanol–water partition coefficient (Wildman–Crippen LogP) is 4.57. The standard InChI is InChI=1S/C30H34BrN7O5S/c1-20-8-10-22(11-9-20)44(40,41)38-15-23(31)25-26(33-19-34-27(25)38)32-14-21-6-5-7-24(35-21)36-12-13-37(28(39)43-29(2,3)4)30(16-36)17-42-18-30/h5-11,15,19H,12-14,16-18H2,1-4H3,(H,32,33,34). The van der Waals surface area contributed by atoms with Gasteiger partial charge in [-0.2, -0.15) is 0 Å². The number of aryl methyl sites for hydroxylation is 1. The molecular weight excluding hydrogens is 650 g/mol. The fourth-order valence-electron chi connectivity index (χ4n) is 5.41. The molecule has 0 saturated carbocycles. The van der Waals surface area contributed by atoms with E-state index < -0.39 is 21.2 Å². The number of hydrogen-bond donors (Lipinski definition) is 1. The number of anilines is 2. The largest absolute Gasteiger partial charge is 0.444 e. The first-order valence-corrected chi connectivity index (χ1v) is 16.5. The summed E-state index contributed by atoms with van der Waals surface area (Å²) in [6.07, 6.45) is 2.51. The molecule has 1 aromatic carbocycles. The monoisotopic (exact) mass is 683 g/mol. The first kappa shape index (κ1) is 30.3. The molecule has 12 nitrogen and oxygen atoms in total. The number of piperazine rings is 1. The van der Waals surface area contributed by atoms with Gasteiger partial charge in [0.05, 0.1) is 35.7 Å². The molecule has 2 aliphatic rings. The third kappa shape index (κ3) is 5.73. The maximum absolute atomic E-state index is 13.5. The second-order valence-electron chi connectivity index (χ2n) is 12.1. The van der Waals surface area contributed by atoms with Gasteiger partial charge in [0.25, 0.3) is 10.0 Å². The molecule has 1 N–H and O–H groups in total. The molecule has 44 heavy (non-hydrogen) atoms. The molecule has 4 aromatic rings. The molecular formula is C30H34BrN7O5S. The number of nitrogens with one attached hydrogen (secondary N) is 1. The van der Waals surface area contributed by atoms with Gasteiger partial charge in [-0.1, -0.05) is 23.8 Å². The number of nitrogens with zero attached hydrogens (tertiary/aromatic N) is 6. The lowest BCUT2D eigenvalue weighted by molar-refractivity contribution is -0.138. The predicted molar refractivity (Wildman–Crippen MR) is 169 cm³/mol. The van der Waals surface area contributed by atoms with Crippen LogP contribution in [0.3, 0.4) is 0 Å². The van der Waals surface area contributed by atoms with Crippen LogP contribution >= 0.6 is 15.9 Å². The van der Waals surface area contributed by atoms with E-state index in [-0.39, 0.29) is 16.6 Å². The normalized spacial score (nSPS) is 16.7. The highest BCUT2D eigenvalue weighted by Gasteiger charge is 2.51. The number of hydrogen-bond acceptors (Lipinski definition) is 10. The van der Waals surface area contributed by atoms with Crippen LogP contribution in [0, 0.1) is 6.92 Å². The number of carbonyl (C=O) groups is 1. The Morgan fingerprint density at radius 3 is 2.55 bits per heavy atom. The van der Waals surface area contributed by atoms with Crippen LogP contribution in [0.5, 0.6) is 0 Å². The summed E-state index contributed by atoms with van der Waals surface area (Å²) in [5, 5.41) is 3.86. The second kappa shape index (κ2) is 11.3. The molecule has 14 heteroatoms. The van der Waals surface area contributed by atoms with E-state index in [2.05, 4.69) is 36.1 Å². The van der Waals surface area contributed by atoms with Crippen molar-refractivity contribution in [2.45, 2.75) is 50.3 Å². The summed E-state index contributed by atoms with van der Waals surface area (Å²) >= 11 is 3.51. The van der Waals surface area contributed by atoms with Crippen LogP contribution in [0.15, 0.2) is 64.4 Å². The number of carbonyl (C=O) groups excluding carboxylic acids is 1. The van der Waals surface area contributed by atoms with Crippen molar-refractivity contribution in [2.24, 2.45) is 0 Å². The Labute approximate surface area is 264 Å². The number of benzene rings is 1. The van der Waals surface area contributed by atoms with Gasteiger partial charge >= 0.3 is 6.09 Å². The topological polar surface area (TPSA) is 132 Å². The molecule has 0 radical (unpaired) electrons. The summed E-state index contributed by atoms with van der Waals surface area (Å²) in [6.45, 7) is 10.4. The lowest BCUT2D eigenvalue weighted by atomic mass is 9.92. The van der Waals surface area contributed by atoms with Crippen molar-refractivity contribution in [1.29, 1.82) is 0 Å². The lowest BCUT2D eigenvalue weighted by Crippen LogP contribution is -2.73. The summed E-state index contributed by atoms with van der Waals surface area (Å²) in [7, 11) is -3.88. The van der Waals surface area contributed by atoms with E-state index in [0.29, 0.717) is 55.1 Å². The van der Waals surface area contributed by atoms with E-state index in [1.807, 2.05) is 45.9 Å². The highest BCUT2D eigenvalue weighted by molar-refractivity contribution is 9.10. The molecule has 0 aliphatic carbocycles. The minimum Gasteiger partial charge on any atom is -0.444 e. The Hall–Kier alpha value is -3.75. The first-order chi connectivity index (χ1) is 20.9. The average molecular weight is 685 g/mol. The number of rotatable bonds is 6. The number of halogens is 1. The maximum Gasteiger partial charge on any atom is 0.411 e. The van der Waals surface area contributed by atoms with Gasteiger partial charge in [-0.25, -0.2) is 32.1 Å². The Morgan fingerprint density at radius 1 is 1.11 bits per heavy atom. The van der Waals surface area contributed by atoms with Crippen molar-refractivity contribution in [2.75, 3.05) is 43.1 Å². The van der Waals surface area contributed by atoms with Gasteiger partial charge in [-0.3, -0.25) is 4.90 Å². The molecule has 0 bridgehead atoms. The van der Waals surface area contributed by atoms with E-state index in [1.54, 1.807) is 29.2 Å². The van der Waals surface area contributed by atoms with E-state index in [1.165, 1.54) is 16.5 Å². The minimum atomic E-state index is -3.88. The van der Waals surface area contributed by atoms with Gasteiger partial charge in [0.1, 0.15) is 29.1 Å². The first-order valence-electron chi connectivity index (χ1n) is 14.2. The molecule has 232 valence electrons. The van der Waals surface area contributed by atoms with Crippen molar-refractivity contribution >= 4 is 54.7 Å². The fourth-order valence-corrected chi connectivity index (χ4v) is 7.43. The van der Waals surface area contributed by atoms with Crippen LogP contribution in [-0.2, 0) is 26.0 Å². The van der Waals surface area contributed by atoms with E-state index >= 15 is 0 Å². The van der Waals surface area contributed by atoms with Crippen LogP contribution in [0.1, 0.15) is 32.0 Å². The van der Waals surface area contributed by atoms with E-state index in [0.717, 1.165) is 17.1 Å². The van der Waals surface area contributed by atoms with Gasteiger partial charge in [0.2, 0.25) is 0 Å². The summed E-state index contributed by atoms with van der Waals surface area (Å²) in [5.74, 6) is 1.27. The van der Waals surface area contributed by atoms with E-state index in [9.17, 15) is 13.2 Å². The second-order valence-corrected chi connectivity index (χ2v) is 14.8. The Morgan fingerprint density at radius 2 is 1.86 bits per heavy atom. The molecule has 0 unspecified atom stereocenters. The van der Waals surface area contributed by atoms with Crippen LogP contribution in [0.25, 0.3) is 11.0 Å². The quantitative estimate of drug-likeness (QED) is 0.308. The number of ether oxygens (including phenoxy) is 2. The smallest absolute Gasteiger partial charge is 0.411 e. The highest BCUT2D eigenvalue weighted by atomic mass is 79.9. The zero-order valence-electron chi connectivity index (χ0n) is 24.9. The number of fused-ring (bicyclic) bond motifs is 1. The summed E-state index contributed by atoms with van der Waals surface area (Å²) < 4.78 is 39.8. The maximum atomic E-state index is 13.5. The molecule has 1 amide bonds. The summed E-state index contributed by atoms with van der Waals surface area (Å²) in [5.41, 5.74) is 0.958. The number of pyridine rings is 1. The zero-order valence-corrected chi connectivity index (χ0v) is 27.4. The SMILES string of the molecule is Cc1ccc(S(=O)(=O)n2cc(Br)c3c(NCc4cccc(N5CCN(C(=O)OC(C)(C)C)C6(COC6)C5)n4)ncnc32)cc1. The Kier molecular flexibility index (Phi) is 7.79. The molecule has 5 heterocycles. The average Bonchev–Trinajstić information content (AvgIpc) is 3.32. The number of aromatic nitrogens is 4. The van der Waals surface area contributed by atoms with Crippen molar-refractivity contribution in [3.63, 3.8) is 0 Å². The Bertz CT molecular complexity index is 1820. The highest BCUT2D eigenvalue weighted by Crippen LogP contribution is 2.34. The minimum absolute atomic E-state index is 0.170. The molecule has 2 aliphatic heterocycles. The van der Waals surface area contributed by atoms with Gasteiger partial charge < -0.3 is 19.7 Å². The molecule has 3 aromatic heterocycles. The van der Waals surface area contributed by atoms with Crippen molar-refractivity contribution < 1.29 is 22.7 Å². The molecule has 1 spiro atoms. The molecule has 2 saturated heterocycles. The van der Waals surface area contributed by atoms with E-state index in [4.69, 9.17) is 14.5 Å². The van der Waals surface area contributed by atoms with Crippen LogP contribution in [0.2, 0.25) is 0 Å². The third-order valence-electron chi connectivity index (χ3n) is 7.64. The molecule has 2 fully saturated rings. The fraction of sp³-hybridized carbons (Fsp3) is 0.400. The Balaban J connectivity index is 1.20. The molecule has 0 atom stereocenters. The van der Waals surface area contributed by atoms with Gasteiger partial charge in [0, 0.05) is 30.3 Å². The van der Waals surface area contributed by atoms with Crippen LogP contribution in [-0.4, -0.2) is 82.3 Å². The van der Waals surface area contributed by atoms with Crippen LogP contribution in [0.4, 0.5) is 16.4 Å². The van der Waals surface area contributed by atoms with Crippen molar-refractivity contribution in [1.82, 2.24) is 23.8 Å². The molecule has 6 rings (SSSR count). The zero-order chi connectivity index (χ0) is 31.3. The van der Waals surface area contributed by atoms with Crippen molar-refractivity contribution in [3.8, 4) is 0 Å². The summed E-state index contributed by atoms with van der Waals surface area (Å²) in [6, 6.07) is 12.5. The van der Waals surface area contributed by atoms with Crippen molar-refractivity contribution in [3.05, 3.63) is 70.7 Å².